The van der Waals surface area contributed by atoms with Gasteiger partial charge in [0.2, 0.25) is 0 Å². The van der Waals surface area contributed by atoms with Gasteiger partial charge in [0.1, 0.15) is 13.2 Å². The molecule has 0 radical (unpaired) electrons. The summed E-state index contributed by atoms with van der Waals surface area (Å²) in [5.74, 6) is 0.368. The number of nitrogens with zero attached hydrogens (tertiary/aromatic N) is 1. The highest BCUT2D eigenvalue weighted by Crippen LogP contribution is 2.20. The van der Waals surface area contributed by atoms with Gasteiger partial charge in [0.05, 0.1) is 6.61 Å². The molecule has 0 aliphatic rings. The number of hydrogen-bond acceptors (Lipinski definition) is 7. The van der Waals surface area contributed by atoms with Crippen molar-refractivity contribution in [2.24, 2.45) is 5.92 Å². The molecule has 0 heterocycles. The molecule has 0 spiro atoms. The molecule has 0 aliphatic heterocycles. The molecule has 0 bridgehead atoms. The number of thiocarbonyl (C=S) groups is 1. The number of allylic oxidation sites excluding steroid dienone is 2. The van der Waals surface area contributed by atoms with Gasteiger partial charge >= 0.3 is 11.9 Å². The fraction of sp³-hybridized carbons (Fsp3) is 0.833. The van der Waals surface area contributed by atoms with E-state index in [0.29, 0.717) is 32.0 Å². The Morgan fingerprint density at radius 3 is 1.47 bits per heavy atom. The topological polar surface area (TPSA) is 65.1 Å². The Hall–Kier alpha value is -1.73. The standard InChI is InChI=1S/C42H77NO5S/c1-5-7-9-11-13-21-27-36-46-40(44)32-25-19-15-17-23-30-39(38-48-42(49)34-29-35-43(3)4)31-24-18-16-20-26-33-41(45)47-37-28-22-14-12-10-8-6-2/h21-22,27-28,39H,5-20,23-26,29-38H2,1-4H3. The third-order valence-electron chi connectivity index (χ3n) is 8.92. The summed E-state index contributed by atoms with van der Waals surface area (Å²) in [5.41, 5.74) is 0. The molecule has 0 aromatic rings. The van der Waals surface area contributed by atoms with Gasteiger partial charge in [0.25, 0.3) is 0 Å². The summed E-state index contributed by atoms with van der Waals surface area (Å²) in [5, 5.41) is 0.746. The summed E-state index contributed by atoms with van der Waals surface area (Å²) in [6.07, 6.45) is 36.7. The predicted octanol–water partition coefficient (Wildman–Crippen LogP) is 11.9. The zero-order valence-corrected chi connectivity index (χ0v) is 33.3. The number of carbonyl (C=O) groups excluding carboxylic acids is 2. The van der Waals surface area contributed by atoms with Crippen LogP contribution >= 0.6 is 12.2 Å². The van der Waals surface area contributed by atoms with Crippen LogP contribution in [0.15, 0.2) is 24.3 Å². The van der Waals surface area contributed by atoms with E-state index in [4.69, 9.17) is 26.4 Å². The van der Waals surface area contributed by atoms with Crippen molar-refractivity contribution in [3.05, 3.63) is 24.3 Å². The van der Waals surface area contributed by atoms with Crippen molar-refractivity contribution in [1.82, 2.24) is 4.90 Å². The smallest absolute Gasteiger partial charge is 0.306 e. The fourth-order valence-corrected chi connectivity index (χ4v) is 5.99. The average Bonchev–Trinajstić information content (AvgIpc) is 3.08. The highest BCUT2D eigenvalue weighted by atomic mass is 32.1. The average molecular weight is 708 g/mol. The number of unbranched alkanes of at least 4 members (excludes halogenated alkanes) is 16. The first kappa shape index (κ1) is 47.3. The van der Waals surface area contributed by atoms with Gasteiger partial charge in [-0.2, -0.15) is 0 Å². The van der Waals surface area contributed by atoms with E-state index in [9.17, 15) is 9.59 Å². The lowest BCUT2D eigenvalue weighted by Gasteiger charge is -2.18. The normalized spacial score (nSPS) is 12.3. The van der Waals surface area contributed by atoms with Gasteiger partial charge in [-0.25, -0.2) is 0 Å². The van der Waals surface area contributed by atoms with Crippen LogP contribution in [0.2, 0.25) is 0 Å². The second-order valence-corrected chi connectivity index (χ2v) is 14.5. The van der Waals surface area contributed by atoms with E-state index in [-0.39, 0.29) is 11.9 Å². The first-order valence-electron chi connectivity index (χ1n) is 20.3. The molecule has 0 rings (SSSR count). The molecule has 0 saturated heterocycles. The van der Waals surface area contributed by atoms with Gasteiger partial charge in [0, 0.05) is 19.3 Å². The van der Waals surface area contributed by atoms with Gasteiger partial charge in [-0.1, -0.05) is 128 Å². The molecule has 0 atom stereocenters. The van der Waals surface area contributed by atoms with E-state index in [1.54, 1.807) is 0 Å². The van der Waals surface area contributed by atoms with Gasteiger partial charge in [-0.3, -0.25) is 9.59 Å². The molecular formula is C42H77NO5S. The quantitative estimate of drug-likeness (QED) is 0.0278. The Kier molecular flexibility index (Phi) is 36.2. The lowest BCUT2D eigenvalue weighted by molar-refractivity contribution is -0.143. The Morgan fingerprint density at radius 2 is 1.00 bits per heavy atom. The Labute approximate surface area is 308 Å². The van der Waals surface area contributed by atoms with Crippen LogP contribution in [0, 0.1) is 5.92 Å². The second kappa shape index (κ2) is 37.5. The van der Waals surface area contributed by atoms with Crippen LogP contribution in [0.25, 0.3) is 0 Å². The molecule has 49 heavy (non-hydrogen) atoms. The number of rotatable bonds is 36. The Bertz CT molecular complexity index is 776. The van der Waals surface area contributed by atoms with Gasteiger partial charge in [0.15, 0.2) is 5.05 Å². The third kappa shape index (κ3) is 37.4. The molecule has 0 aliphatic carbocycles. The third-order valence-corrected chi connectivity index (χ3v) is 9.24. The SMILES string of the molecule is CCCCCCC=CCOC(=O)CCCCCCCC(CCCCCCCC(=O)OCC=CCCCCCC)COC(=S)CCCN(C)C. The van der Waals surface area contributed by atoms with Crippen LogP contribution in [0.4, 0.5) is 0 Å². The van der Waals surface area contributed by atoms with E-state index >= 15 is 0 Å². The maximum absolute atomic E-state index is 12.0. The minimum absolute atomic E-state index is 0.0782. The lowest BCUT2D eigenvalue weighted by atomic mass is 9.94. The second-order valence-electron chi connectivity index (χ2n) is 14.1. The zero-order valence-electron chi connectivity index (χ0n) is 32.5. The number of ether oxygens (including phenoxy) is 3. The summed E-state index contributed by atoms with van der Waals surface area (Å²) in [7, 11) is 4.17. The van der Waals surface area contributed by atoms with E-state index < -0.39 is 0 Å². The minimum atomic E-state index is -0.0782. The molecule has 0 aromatic heterocycles. The first-order valence-corrected chi connectivity index (χ1v) is 20.7. The largest absolute Gasteiger partial charge is 0.487 e. The maximum atomic E-state index is 12.0. The Balaban J connectivity index is 4.14. The summed E-state index contributed by atoms with van der Waals surface area (Å²) >= 11 is 5.53. The molecule has 7 heteroatoms. The van der Waals surface area contributed by atoms with E-state index in [0.717, 1.165) is 95.3 Å². The van der Waals surface area contributed by atoms with Crippen LogP contribution in [0.5, 0.6) is 0 Å². The van der Waals surface area contributed by atoms with Gasteiger partial charge < -0.3 is 19.1 Å². The van der Waals surface area contributed by atoms with Crippen LogP contribution < -0.4 is 0 Å². The fourth-order valence-electron chi connectivity index (χ4n) is 5.78. The van der Waals surface area contributed by atoms with Crippen LogP contribution in [0.3, 0.4) is 0 Å². The van der Waals surface area contributed by atoms with E-state index in [1.165, 1.54) is 77.0 Å². The number of hydrogen-bond donors (Lipinski definition) is 0. The molecule has 0 unspecified atom stereocenters. The maximum Gasteiger partial charge on any atom is 0.306 e. The number of esters is 2. The van der Waals surface area contributed by atoms with Crippen molar-refractivity contribution < 1.29 is 23.8 Å². The van der Waals surface area contributed by atoms with Gasteiger partial charge in [-0.05, 0) is 96.6 Å². The van der Waals surface area contributed by atoms with Crippen molar-refractivity contribution in [3.63, 3.8) is 0 Å². The molecule has 0 amide bonds. The molecule has 0 fully saturated rings. The number of carbonyl (C=O) groups is 2. The molecule has 286 valence electrons. The van der Waals surface area contributed by atoms with Crippen LogP contribution in [-0.4, -0.2) is 62.3 Å². The Morgan fingerprint density at radius 1 is 0.551 bits per heavy atom. The van der Waals surface area contributed by atoms with Crippen LogP contribution in [0.1, 0.15) is 181 Å². The van der Waals surface area contributed by atoms with E-state index in [1.807, 2.05) is 12.2 Å². The zero-order chi connectivity index (χ0) is 36.0. The minimum Gasteiger partial charge on any atom is -0.487 e. The monoisotopic (exact) mass is 708 g/mol. The molecule has 0 aromatic carbocycles. The first-order chi connectivity index (χ1) is 23.9. The highest BCUT2D eigenvalue weighted by Gasteiger charge is 2.12. The van der Waals surface area contributed by atoms with Crippen molar-refractivity contribution in [2.75, 3.05) is 40.5 Å². The molecular weight excluding hydrogens is 631 g/mol. The summed E-state index contributed by atoms with van der Waals surface area (Å²) in [6, 6.07) is 0. The van der Waals surface area contributed by atoms with Crippen molar-refractivity contribution in [2.45, 2.75) is 181 Å². The predicted molar refractivity (Wildman–Crippen MR) is 212 cm³/mol. The van der Waals surface area contributed by atoms with E-state index in [2.05, 4.69) is 45.0 Å². The van der Waals surface area contributed by atoms with Crippen molar-refractivity contribution >= 4 is 29.2 Å². The highest BCUT2D eigenvalue weighted by molar-refractivity contribution is 7.80. The van der Waals surface area contributed by atoms with Crippen molar-refractivity contribution in [1.29, 1.82) is 0 Å². The van der Waals surface area contributed by atoms with Crippen LogP contribution in [-0.2, 0) is 23.8 Å². The molecule has 6 nitrogen and oxygen atoms in total. The molecule has 0 saturated carbocycles. The summed E-state index contributed by atoms with van der Waals surface area (Å²) < 4.78 is 16.8. The molecule has 0 N–H and O–H groups in total. The lowest BCUT2D eigenvalue weighted by Crippen LogP contribution is -2.16. The summed E-state index contributed by atoms with van der Waals surface area (Å²) in [4.78, 5) is 26.2. The van der Waals surface area contributed by atoms with Gasteiger partial charge in [-0.15, -0.1) is 0 Å². The van der Waals surface area contributed by atoms with Crippen molar-refractivity contribution in [3.8, 4) is 0 Å². The summed E-state index contributed by atoms with van der Waals surface area (Å²) in [6.45, 7) is 7.00.